The summed E-state index contributed by atoms with van der Waals surface area (Å²) < 4.78 is 28.5. The third-order valence-electron chi connectivity index (χ3n) is 2.95. The molecule has 1 aliphatic heterocycles. The first-order chi connectivity index (χ1) is 9.12. The van der Waals surface area contributed by atoms with Gasteiger partial charge in [0, 0.05) is 5.54 Å². The van der Waals surface area contributed by atoms with Gasteiger partial charge >= 0.3 is 16.2 Å². The standard InChI is InChI=1S/C13H18N2O4S/c1-13(2,3)14-20(18,19)15-8-10(12(16)17)9-6-4-5-7-11(9)15/h4-7,10,14H,8H2,1-3H3,(H,16,17). The van der Waals surface area contributed by atoms with E-state index in [1.54, 1.807) is 45.0 Å². The van der Waals surface area contributed by atoms with Crippen LogP contribution in [0, 0.1) is 0 Å². The number of carbonyl (C=O) groups is 1. The average Bonchev–Trinajstić information content (AvgIpc) is 2.65. The lowest BCUT2D eigenvalue weighted by Gasteiger charge is -2.26. The zero-order chi connectivity index (χ0) is 15.1. The molecule has 1 atom stereocenters. The Kier molecular flexibility index (Phi) is 3.51. The lowest BCUT2D eigenvalue weighted by Crippen LogP contribution is -2.48. The highest BCUT2D eigenvalue weighted by molar-refractivity contribution is 7.91. The quantitative estimate of drug-likeness (QED) is 0.881. The number of carboxylic acids is 1. The summed E-state index contributed by atoms with van der Waals surface area (Å²) in [6.45, 7) is 5.13. The summed E-state index contributed by atoms with van der Waals surface area (Å²) in [6.07, 6.45) is 0. The van der Waals surface area contributed by atoms with E-state index in [-0.39, 0.29) is 6.54 Å². The van der Waals surface area contributed by atoms with Crippen molar-refractivity contribution in [3.8, 4) is 0 Å². The molecule has 0 aliphatic carbocycles. The predicted molar refractivity (Wildman–Crippen MR) is 76.0 cm³/mol. The van der Waals surface area contributed by atoms with Crippen LogP contribution in [0.1, 0.15) is 32.3 Å². The number of para-hydroxylation sites is 1. The Hall–Kier alpha value is -1.60. The summed E-state index contributed by atoms with van der Waals surface area (Å²) in [5.41, 5.74) is 0.325. The molecule has 0 aromatic heterocycles. The van der Waals surface area contributed by atoms with Crippen molar-refractivity contribution in [1.82, 2.24) is 4.72 Å². The van der Waals surface area contributed by atoms with Crippen LogP contribution >= 0.6 is 0 Å². The maximum atomic E-state index is 12.4. The van der Waals surface area contributed by atoms with E-state index in [1.807, 2.05) is 0 Å². The second-order valence-electron chi connectivity index (χ2n) is 5.84. The van der Waals surface area contributed by atoms with Gasteiger partial charge in [-0.25, -0.2) is 0 Å². The number of hydrogen-bond donors (Lipinski definition) is 2. The van der Waals surface area contributed by atoms with Crippen molar-refractivity contribution in [2.45, 2.75) is 32.2 Å². The lowest BCUT2D eigenvalue weighted by atomic mass is 10.0. The first kappa shape index (κ1) is 14.8. The highest BCUT2D eigenvalue weighted by Crippen LogP contribution is 2.37. The molecule has 0 spiro atoms. The zero-order valence-electron chi connectivity index (χ0n) is 11.6. The summed E-state index contributed by atoms with van der Waals surface area (Å²) in [6, 6.07) is 6.69. The summed E-state index contributed by atoms with van der Waals surface area (Å²) in [7, 11) is -3.78. The Bertz CT molecular complexity index is 634. The Balaban J connectivity index is 2.43. The molecule has 1 aliphatic rings. The number of aliphatic carboxylic acids is 1. The summed E-state index contributed by atoms with van der Waals surface area (Å²) >= 11 is 0. The molecule has 0 saturated heterocycles. The van der Waals surface area contributed by atoms with Crippen LogP contribution in [0.3, 0.4) is 0 Å². The van der Waals surface area contributed by atoms with Gasteiger partial charge in [-0.05, 0) is 32.4 Å². The molecule has 0 fully saturated rings. The van der Waals surface area contributed by atoms with Crippen LogP contribution in [-0.2, 0) is 15.0 Å². The monoisotopic (exact) mass is 298 g/mol. The largest absolute Gasteiger partial charge is 0.481 e. The molecule has 1 heterocycles. The number of fused-ring (bicyclic) bond motifs is 1. The van der Waals surface area contributed by atoms with E-state index in [4.69, 9.17) is 0 Å². The molecule has 0 bridgehead atoms. The third kappa shape index (κ3) is 2.78. The molecule has 2 N–H and O–H groups in total. The molecule has 2 rings (SSSR count). The van der Waals surface area contributed by atoms with Gasteiger partial charge in [0.1, 0.15) is 5.92 Å². The fourth-order valence-electron chi connectivity index (χ4n) is 2.25. The molecule has 20 heavy (non-hydrogen) atoms. The van der Waals surface area contributed by atoms with E-state index in [0.29, 0.717) is 11.3 Å². The first-order valence-electron chi connectivity index (χ1n) is 6.25. The molecule has 1 unspecified atom stereocenters. The van der Waals surface area contributed by atoms with E-state index >= 15 is 0 Å². The minimum absolute atomic E-state index is 0.0832. The molecule has 0 radical (unpaired) electrons. The number of rotatable bonds is 3. The zero-order valence-corrected chi connectivity index (χ0v) is 12.4. The van der Waals surface area contributed by atoms with Gasteiger partial charge in [0.05, 0.1) is 12.2 Å². The Morgan fingerprint density at radius 2 is 1.95 bits per heavy atom. The molecule has 6 nitrogen and oxygen atoms in total. The van der Waals surface area contributed by atoms with Crippen LogP contribution in [0.2, 0.25) is 0 Å². The molecular weight excluding hydrogens is 280 g/mol. The average molecular weight is 298 g/mol. The fourth-order valence-corrected chi connectivity index (χ4v) is 3.91. The van der Waals surface area contributed by atoms with Gasteiger partial charge in [-0.15, -0.1) is 0 Å². The first-order valence-corrected chi connectivity index (χ1v) is 7.69. The second kappa shape index (κ2) is 4.75. The van der Waals surface area contributed by atoms with Gasteiger partial charge < -0.3 is 5.11 Å². The number of carboxylic acid groups (broad SMARTS) is 1. The Labute approximate surface area is 118 Å². The molecule has 7 heteroatoms. The van der Waals surface area contributed by atoms with Gasteiger partial charge in [0.15, 0.2) is 0 Å². The number of anilines is 1. The summed E-state index contributed by atoms with van der Waals surface area (Å²) in [5.74, 6) is -1.85. The van der Waals surface area contributed by atoms with Gasteiger partial charge in [-0.1, -0.05) is 18.2 Å². The van der Waals surface area contributed by atoms with Crippen LogP contribution in [-0.4, -0.2) is 31.6 Å². The van der Waals surface area contributed by atoms with Crippen LogP contribution in [0.25, 0.3) is 0 Å². The van der Waals surface area contributed by atoms with Gasteiger partial charge in [-0.2, -0.15) is 13.1 Å². The van der Waals surface area contributed by atoms with Crippen molar-refractivity contribution >= 4 is 21.9 Å². The smallest absolute Gasteiger partial charge is 0.312 e. The van der Waals surface area contributed by atoms with Crippen molar-refractivity contribution in [3.05, 3.63) is 29.8 Å². The van der Waals surface area contributed by atoms with E-state index in [0.717, 1.165) is 4.31 Å². The SMILES string of the molecule is CC(C)(C)NS(=O)(=O)N1CC(C(=O)O)c2ccccc21. The van der Waals surface area contributed by atoms with E-state index in [2.05, 4.69) is 4.72 Å². The minimum Gasteiger partial charge on any atom is -0.481 e. The molecule has 1 aromatic carbocycles. The predicted octanol–water partition coefficient (Wildman–Crippen LogP) is 1.31. The topological polar surface area (TPSA) is 86.7 Å². The lowest BCUT2D eigenvalue weighted by molar-refractivity contribution is -0.138. The van der Waals surface area contributed by atoms with Crippen molar-refractivity contribution < 1.29 is 18.3 Å². The van der Waals surface area contributed by atoms with Crippen LogP contribution in [0.4, 0.5) is 5.69 Å². The highest BCUT2D eigenvalue weighted by atomic mass is 32.2. The molecule has 110 valence electrons. The van der Waals surface area contributed by atoms with Crippen LogP contribution < -0.4 is 9.03 Å². The number of benzene rings is 1. The van der Waals surface area contributed by atoms with Gasteiger partial charge in [-0.3, -0.25) is 9.10 Å². The Morgan fingerprint density at radius 3 is 2.50 bits per heavy atom. The van der Waals surface area contributed by atoms with Crippen molar-refractivity contribution in [3.63, 3.8) is 0 Å². The summed E-state index contributed by atoms with van der Waals surface area (Å²) in [4.78, 5) is 11.3. The molecular formula is C13H18N2O4S. The third-order valence-corrected chi connectivity index (χ3v) is 4.75. The fraction of sp³-hybridized carbons (Fsp3) is 0.462. The van der Waals surface area contributed by atoms with Crippen LogP contribution in [0.5, 0.6) is 0 Å². The van der Waals surface area contributed by atoms with E-state index in [1.165, 1.54) is 0 Å². The van der Waals surface area contributed by atoms with E-state index < -0.39 is 27.6 Å². The van der Waals surface area contributed by atoms with Crippen molar-refractivity contribution in [2.75, 3.05) is 10.8 Å². The van der Waals surface area contributed by atoms with Gasteiger partial charge in [0.25, 0.3) is 0 Å². The molecule has 0 amide bonds. The second-order valence-corrected chi connectivity index (χ2v) is 7.43. The maximum Gasteiger partial charge on any atom is 0.312 e. The minimum atomic E-state index is -3.78. The van der Waals surface area contributed by atoms with Crippen molar-refractivity contribution in [1.29, 1.82) is 0 Å². The molecule has 1 aromatic rings. The number of hydrogen-bond acceptors (Lipinski definition) is 3. The summed E-state index contributed by atoms with van der Waals surface area (Å²) in [5, 5.41) is 9.23. The maximum absolute atomic E-state index is 12.4. The molecule has 0 saturated carbocycles. The number of nitrogens with zero attached hydrogens (tertiary/aromatic N) is 1. The van der Waals surface area contributed by atoms with E-state index in [9.17, 15) is 18.3 Å². The van der Waals surface area contributed by atoms with Gasteiger partial charge in [0.2, 0.25) is 0 Å². The highest BCUT2D eigenvalue weighted by Gasteiger charge is 2.40. The van der Waals surface area contributed by atoms with Crippen LogP contribution in [0.15, 0.2) is 24.3 Å². The normalized spacial score (nSPS) is 18.9. The number of nitrogens with one attached hydrogen (secondary N) is 1. The van der Waals surface area contributed by atoms with Crippen molar-refractivity contribution in [2.24, 2.45) is 0 Å². The Morgan fingerprint density at radius 1 is 1.35 bits per heavy atom.